The summed E-state index contributed by atoms with van der Waals surface area (Å²) in [6.45, 7) is 4.36. The highest BCUT2D eigenvalue weighted by atomic mass is 32.1. The Bertz CT molecular complexity index is 17.8. The van der Waals surface area contributed by atoms with Crippen molar-refractivity contribution in [3.05, 3.63) is 0 Å². The zero-order valence-corrected chi connectivity index (χ0v) is 6.57. The molecular weight excluding hydrogens is 151 g/mol. The molecule has 0 saturated heterocycles. The Kier molecular flexibility index (Phi) is 639. The van der Waals surface area contributed by atoms with E-state index in [0.717, 1.165) is 0 Å². The molecule has 64 valence electrons. The van der Waals surface area contributed by atoms with E-state index in [1.165, 1.54) is 12.8 Å². The van der Waals surface area contributed by atoms with E-state index >= 15 is 0 Å². The van der Waals surface area contributed by atoms with Crippen LogP contribution in [0.3, 0.4) is 0 Å². The van der Waals surface area contributed by atoms with Gasteiger partial charge in [-0.1, -0.05) is 26.7 Å². The molecule has 3 N–H and O–H groups in total. The maximum atomic E-state index is 2.18. The first-order chi connectivity index (χ1) is 1.91. The molecule has 0 aliphatic rings. The summed E-state index contributed by atoms with van der Waals surface area (Å²) in [6.07, 6.45) is 2.64. The largest absolute Gasteiger partial charge is 0.344 e. The summed E-state index contributed by atoms with van der Waals surface area (Å²) in [5, 5.41) is 0. The van der Waals surface area contributed by atoms with Gasteiger partial charge in [-0.25, -0.2) is 0 Å². The van der Waals surface area contributed by atoms with Crippen molar-refractivity contribution < 1.29 is 14.1 Å². The van der Waals surface area contributed by atoms with Gasteiger partial charge in [0.05, 0.1) is 0 Å². The summed E-state index contributed by atoms with van der Waals surface area (Å²) in [5.41, 5.74) is 0. The van der Waals surface area contributed by atoms with Crippen LogP contribution in [-0.2, 0) is 0 Å². The van der Waals surface area contributed by atoms with Crippen LogP contribution >= 0.6 is 13.5 Å². The van der Waals surface area contributed by atoms with E-state index in [9.17, 15) is 0 Å². The van der Waals surface area contributed by atoms with Crippen LogP contribution in [-0.4, -0.2) is 0 Å². The Balaban J connectivity index is -0.00000000450. The molecule has 0 aromatic heterocycles. The second-order valence-electron chi connectivity index (χ2n) is 1.000. The second-order valence-corrected chi connectivity index (χ2v) is 1.000. The lowest BCUT2D eigenvalue weighted by Crippen LogP contribution is -1.47. The van der Waals surface area contributed by atoms with Crippen molar-refractivity contribution in [3.63, 3.8) is 0 Å². The van der Waals surface area contributed by atoms with Gasteiger partial charge in [0.2, 0.25) is 0 Å². The van der Waals surface area contributed by atoms with Crippen molar-refractivity contribution in [1.82, 2.24) is 6.15 Å². The molecule has 0 unspecified atom stereocenters. The quantitative estimate of drug-likeness (QED) is 0.640. The fraction of sp³-hybridized carbons (Fsp3) is 1.00. The third-order valence-electron chi connectivity index (χ3n) is 0.500. The molecule has 0 atom stereocenters. The molecule has 0 heterocycles. The molecule has 0 amide bonds. The maximum Gasteiger partial charge on any atom is 0 e. The number of halogens is 3. The van der Waals surface area contributed by atoms with E-state index in [2.05, 4.69) is 13.8 Å². The molecular formula is C4H16F3NS. The first-order valence-electron chi connectivity index (χ1n) is 1.91. The van der Waals surface area contributed by atoms with Crippen molar-refractivity contribution in [2.45, 2.75) is 26.7 Å². The van der Waals surface area contributed by atoms with Gasteiger partial charge < -0.3 is 6.15 Å². The lowest BCUT2D eigenvalue weighted by molar-refractivity contribution is 0.886. The van der Waals surface area contributed by atoms with E-state index in [4.69, 9.17) is 0 Å². The van der Waals surface area contributed by atoms with Crippen LogP contribution in [0.1, 0.15) is 26.7 Å². The highest BCUT2D eigenvalue weighted by Crippen LogP contribution is 1.76. The highest BCUT2D eigenvalue weighted by molar-refractivity contribution is 7.59. The summed E-state index contributed by atoms with van der Waals surface area (Å²) in [5.74, 6) is 0. The molecule has 2 radical (unpaired) electrons. The van der Waals surface area contributed by atoms with E-state index in [1.807, 2.05) is 0 Å². The van der Waals surface area contributed by atoms with Crippen LogP contribution in [0.25, 0.3) is 0 Å². The van der Waals surface area contributed by atoms with Crippen molar-refractivity contribution in [1.29, 1.82) is 0 Å². The third kappa shape index (κ3) is 249. The number of hydrogen-bond acceptors (Lipinski definition) is 1. The zero-order valence-electron chi connectivity index (χ0n) is 5.75. The van der Waals surface area contributed by atoms with Crippen LogP contribution < -0.4 is 6.15 Å². The van der Waals surface area contributed by atoms with Crippen molar-refractivity contribution in [3.8, 4) is 0 Å². The lowest BCUT2D eigenvalue weighted by atomic mass is 10.4. The molecule has 0 aliphatic carbocycles. The first kappa shape index (κ1) is 62.1. The predicted octanol–water partition coefficient (Wildman–Crippen LogP) is 3.07. The smallest absolute Gasteiger partial charge is 0 e. The fourth-order valence-corrected chi connectivity index (χ4v) is 0. The predicted molar refractivity (Wildman–Crippen MR) is 40.7 cm³/mol. The molecule has 1 nitrogen and oxygen atoms in total. The van der Waals surface area contributed by atoms with Crippen molar-refractivity contribution >= 4 is 13.5 Å². The van der Waals surface area contributed by atoms with Crippen LogP contribution in [0.15, 0.2) is 0 Å². The van der Waals surface area contributed by atoms with E-state index < -0.39 is 0 Å². The van der Waals surface area contributed by atoms with Crippen LogP contribution in [0.2, 0.25) is 0 Å². The van der Waals surface area contributed by atoms with Gasteiger partial charge >= 0.3 is 0 Å². The van der Waals surface area contributed by atoms with Gasteiger partial charge in [0.25, 0.3) is 0 Å². The van der Waals surface area contributed by atoms with Crippen LogP contribution in [0.4, 0.5) is 14.1 Å². The van der Waals surface area contributed by atoms with Gasteiger partial charge in [0, 0.05) is 13.5 Å². The van der Waals surface area contributed by atoms with Gasteiger partial charge in [-0.05, 0) is 0 Å². The fourth-order valence-electron chi connectivity index (χ4n) is 0. The minimum Gasteiger partial charge on any atom is -0.344 e. The molecule has 9 heavy (non-hydrogen) atoms. The van der Waals surface area contributed by atoms with Crippen molar-refractivity contribution in [2.75, 3.05) is 0 Å². The number of rotatable bonds is 1. The molecule has 0 rings (SSSR count). The summed E-state index contributed by atoms with van der Waals surface area (Å²) in [7, 11) is 0. The second kappa shape index (κ2) is 92.6. The Morgan fingerprint density at radius 2 is 0.889 bits per heavy atom. The molecule has 0 saturated carbocycles. The average molecular weight is 167 g/mol. The van der Waals surface area contributed by atoms with Crippen LogP contribution in [0, 0.1) is 0 Å². The van der Waals surface area contributed by atoms with Gasteiger partial charge in [-0.3, -0.25) is 14.1 Å². The molecule has 0 aromatic rings. The number of unbranched alkanes of at least 4 members (excludes halogenated alkanes) is 1. The maximum absolute atomic E-state index is 2.18. The third-order valence-corrected chi connectivity index (χ3v) is 0.500. The zero-order chi connectivity index (χ0) is 3.41. The number of hydrogen-bond donors (Lipinski definition) is 1. The molecule has 0 spiro atoms. The standard InChI is InChI=1S/C4H10.3FH.H3N.S/c1-3-4-2;;;;;/h3-4H2,1-2H3;3*1H;1H3;. The van der Waals surface area contributed by atoms with Crippen molar-refractivity contribution in [2.24, 2.45) is 0 Å². The van der Waals surface area contributed by atoms with E-state index in [0.29, 0.717) is 0 Å². The summed E-state index contributed by atoms with van der Waals surface area (Å²) in [6, 6.07) is 0. The normalized spacial score (nSPS) is 3.33. The van der Waals surface area contributed by atoms with E-state index in [1.54, 1.807) is 0 Å². The van der Waals surface area contributed by atoms with Gasteiger partial charge in [0.15, 0.2) is 0 Å². The van der Waals surface area contributed by atoms with E-state index in [-0.39, 0.29) is 33.8 Å². The average Bonchev–Trinajstić information content (AvgIpc) is 1.37. The topological polar surface area (TPSA) is 35.0 Å². The molecule has 0 fully saturated rings. The highest BCUT2D eigenvalue weighted by Gasteiger charge is 1.56. The minimum atomic E-state index is 0. The summed E-state index contributed by atoms with van der Waals surface area (Å²) >= 11 is 0. The first-order valence-corrected chi connectivity index (χ1v) is 1.91. The molecule has 0 aliphatic heterocycles. The summed E-state index contributed by atoms with van der Waals surface area (Å²) < 4.78 is 0. The Hall–Kier alpha value is 0.100. The Morgan fingerprint density at radius 3 is 0.889 bits per heavy atom. The Labute approximate surface area is 61.3 Å². The van der Waals surface area contributed by atoms with Gasteiger partial charge in [-0.2, -0.15) is 0 Å². The Morgan fingerprint density at radius 1 is 0.778 bits per heavy atom. The lowest BCUT2D eigenvalue weighted by Gasteiger charge is -1.68. The summed E-state index contributed by atoms with van der Waals surface area (Å²) in [4.78, 5) is 0. The van der Waals surface area contributed by atoms with Gasteiger partial charge in [0.1, 0.15) is 0 Å². The molecule has 0 bridgehead atoms. The molecule has 0 aromatic carbocycles. The molecule has 5 heteroatoms. The van der Waals surface area contributed by atoms with Crippen LogP contribution in [0.5, 0.6) is 0 Å². The monoisotopic (exact) mass is 167 g/mol. The minimum absolute atomic E-state index is 0. The SMILES string of the molecule is CCCC.F.F.F.N.[S]. The van der Waals surface area contributed by atoms with Gasteiger partial charge in [-0.15, -0.1) is 0 Å².